The van der Waals surface area contributed by atoms with Gasteiger partial charge in [-0.05, 0) is 59.9 Å². The normalized spacial score (nSPS) is 17.6. The number of nitrogens with one attached hydrogen (secondary N) is 2. The van der Waals surface area contributed by atoms with Crippen LogP contribution in [0.4, 0.5) is 4.79 Å². The maximum absolute atomic E-state index is 12.0. The third-order valence-corrected chi connectivity index (χ3v) is 6.53. The van der Waals surface area contributed by atoms with E-state index in [1.165, 1.54) is 0 Å². The molecule has 0 spiro atoms. The number of ether oxygens (including phenoxy) is 1. The number of pyridine rings is 1. The molecule has 0 saturated carbocycles. The Morgan fingerprint density at radius 1 is 1.03 bits per heavy atom. The van der Waals surface area contributed by atoms with Gasteiger partial charge in [-0.3, -0.25) is 25.2 Å². The number of aromatic nitrogens is 1. The molecular weight excluding hydrogens is 422 g/mol. The van der Waals surface area contributed by atoms with Crippen LogP contribution in [0.15, 0.2) is 73.1 Å². The van der Waals surface area contributed by atoms with Gasteiger partial charge in [0.2, 0.25) is 5.91 Å². The Hall–Kier alpha value is -3.16. The van der Waals surface area contributed by atoms with Crippen LogP contribution < -0.4 is 15.4 Å². The molecule has 3 atom stereocenters. The van der Waals surface area contributed by atoms with Crippen molar-refractivity contribution in [3.8, 4) is 5.75 Å². The number of imide groups is 1. The fourth-order valence-electron chi connectivity index (χ4n) is 3.82. The standard InChI is InChI=1S/C25H25N3O3S/c1-16(18-10-12-26-13-11-18)27-23(19-6-8-21(31-2)9-7-19)20-5-3-4-17(14-20)15-22-24(29)28-25(30)32-22/h3-14,16,22-23,27H,15H2,1-2H3,(H,28,29,30). The number of amides is 2. The molecule has 164 valence electrons. The molecule has 6 nitrogen and oxygen atoms in total. The third-order valence-electron chi connectivity index (χ3n) is 5.54. The van der Waals surface area contributed by atoms with Crippen molar-refractivity contribution in [1.29, 1.82) is 0 Å². The summed E-state index contributed by atoms with van der Waals surface area (Å²) in [7, 11) is 1.65. The van der Waals surface area contributed by atoms with Crippen molar-refractivity contribution < 1.29 is 14.3 Å². The highest BCUT2D eigenvalue weighted by Gasteiger charge is 2.31. The van der Waals surface area contributed by atoms with E-state index in [-0.39, 0.29) is 28.5 Å². The second kappa shape index (κ2) is 9.97. The molecule has 2 amide bonds. The van der Waals surface area contributed by atoms with Crippen molar-refractivity contribution in [1.82, 2.24) is 15.6 Å². The molecule has 2 heterocycles. The van der Waals surface area contributed by atoms with E-state index in [9.17, 15) is 9.59 Å². The molecule has 2 aromatic carbocycles. The Morgan fingerprint density at radius 2 is 1.78 bits per heavy atom. The lowest BCUT2D eigenvalue weighted by Gasteiger charge is -2.25. The quantitative estimate of drug-likeness (QED) is 0.532. The van der Waals surface area contributed by atoms with Crippen molar-refractivity contribution in [2.45, 2.75) is 30.7 Å². The molecule has 1 fully saturated rings. The zero-order valence-corrected chi connectivity index (χ0v) is 18.8. The Balaban J connectivity index is 1.63. The largest absolute Gasteiger partial charge is 0.497 e. The van der Waals surface area contributed by atoms with Crippen molar-refractivity contribution in [3.63, 3.8) is 0 Å². The molecule has 1 saturated heterocycles. The van der Waals surface area contributed by atoms with Gasteiger partial charge < -0.3 is 4.74 Å². The lowest BCUT2D eigenvalue weighted by atomic mass is 9.94. The SMILES string of the molecule is COc1ccc(C(NC(C)c2ccncc2)c2cccc(CC3SC(=O)NC3=O)c2)cc1. The minimum absolute atomic E-state index is 0.0734. The van der Waals surface area contributed by atoms with Crippen LogP contribution in [0, 0.1) is 0 Å². The number of methoxy groups -OCH3 is 1. The summed E-state index contributed by atoms with van der Waals surface area (Å²) in [5.74, 6) is 0.582. The van der Waals surface area contributed by atoms with Gasteiger partial charge in [0.25, 0.3) is 5.24 Å². The van der Waals surface area contributed by atoms with Crippen LogP contribution in [-0.2, 0) is 11.2 Å². The summed E-state index contributed by atoms with van der Waals surface area (Å²) in [6.07, 6.45) is 4.09. The van der Waals surface area contributed by atoms with Crippen LogP contribution in [-0.4, -0.2) is 28.5 Å². The second-order valence-corrected chi connectivity index (χ2v) is 8.88. The third kappa shape index (κ3) is 5.18. The molecule has 0 aliphatic carbocycles. The molecule has 32 heavy (non-hydrogen) atoms. The van der Waals surface area contributed by atoms with Crippen molar-refractivity contribution in [2.75, 3.05) is 7.11 Å². The van der Waals surface area contributed by atoms with Crippen LogP contribution in [0.25, 0.3) is 0 Å². The monoisotopic (exact) mass is 447 g/mol. The van der Waals surface area contributed by atoms with Crippen LogP contribution >= 0.6 is 11.8 Å². The zero-order valence-electron chi connectivity index (χ0n) is 17.9. The summed E-state index contributed by atoms with van der Waals surface area (Å²) in [5.41, 5.74) is 4.35. The minimum atomic E-state index is -0.388. The molecule has 3 aromatic rings. The molecule has 7 heteroatoms. The van der Waals surface area contributed by atoms with E-state index < -0.39 is 0 Å². The highest BCUT2D eigenvalue weighted by atomic mass is 32.2. The van der Waals surface area contributed by atoms with Crippen molar-refractivity contribution in [2.24, 2.45) is 0 Å². The van der Waals surface area contributed by atoms with Gasteiger partial charge in [0.15, 0.2) is 0 Å². The van der Waals surface area contributed by atoms with Gasteiger partial charge in [0, 0.05) is 18.4 Å². The van der Waals surface area contributed by atoms with Crippen LogP contribution in [0.1, 0.15) is 41.3 Å². The van der Waals surface area contributed by atoms with E-state index in [1.54, 1.807) is 19.5 Å². The number of benzene rings is 2. The van der Waals surface area contributed by atoms with Gasteiger partial charge in [-0.15, -0.1) is 0 Å². The molecule has 2 N–H and O–H groups in total. The molecule has 1 aromatic heterocycles. The summed E-state index contributed by atoms with van der Waals surface area (Å²) >= 11 is 1.06. The number of thioether (sulfide) groups is 1. The lowest BCUT2D eigenvalue weighted by molar-refractivity contribution is -0.118. The van der Waals surface area contributed by atoms with Gasteiger partial charge >= 0.3 is 0 Å². The van der Waals surface area contributed by atoms with Crippen molar-refractivity contribution >= 4 is 22.9 Å². The number of hydrogen-bond acceptors (Lipinski definition) is 6. The highest BCUT2D eigenvalue weighted by molar-refractivity contribution is 8.15. The molecule has 3 unspecified atom stereocenters. The Labute approximate surface area is 191 Å². The summed E-state index contributed by atoms with van der Waals surface area (Å²) < 4.78 is 5.32. The number of hydrogen-bond donors (Lipinski definition) is 2. The summed E-state index contributed by atoms with van der Waals surface area (Å²) in [6, 6.07) is 20.2. The van der Waals surface area contributed by atoms with E-state index in [1.807, 2.05) is 36.4 Å². The van der Waals surface area contributed by atoms with E-state index in [4.69, 9.17) is 4.74 Å². The maximum atomic E-state index is 12.0. The number of carbonyl (C=O) groups excluding carboxylic acids is 2. The Kier molecular flexibility index (Phi) is 6.87. The van der Waals surface area contributed by atoms with Crippen LogP contribution in [0.2, 0.25) is 0 Å². The summed E-state index contributed by atoms with van der Waals surface area (Å²) in [6.45, 7) is 2.13. The van der Waals surface area contributed by atoms with Gasteiger partial charge in [0.1, 0.15) is 5.75 Å². The molecular formula is C25H25N3O3S. The van der Waals surface area contributed by atoms with Crippen LogP contribution in [0.5, 0.6) is 5.75 Å². The number of nitrogens with zero attached hydrogens (tertiary/aromatic N) is 1. The predicted molar refractivity (Wildman–Crippen MR) is 126 cm³/mol. The second-order valence-electron chi connectivity index (χ2n) is 7.71. The minimum Gasteiger partial charge on any atom is -0.497 e. The van der Waals surface area contributed by atoms with E-state index in [0.717, 1.165) is 39.8 Å². The van der Waals surface area contributed by atoms with Crippen LogP contribution in [0.3, 0.4) is 0 Å². The van der Waals surface area contributed by atoms with Gasteiger partial charge in [-0.1, -0.05) is 48.2 Å². The predicted octanol–water partition coefficient (Wildman–Crippen LogP) is 4.42. The Morgan fingerprint density at radius 3 is 2.44 bits per heavy atom. The van der Waals surface area contributed by atoms with E-state index >= 15 is 0 Å². The fraction of sp³-hybridized carbons (Fsp3) is 0.240. The summed E-state index contributed by atoms with van der Waals surface area (Å²) in [4.78, 5) is 27.7. The summed E-state index contributed by atoms with van der Waals surface area (Å²) in [5, 5.41) is 5.43. The highest BCUT2D eigenvalue weighted by Crippen LogP contribution is 2.29. The molecule has 4 rings (SSSR count). The smallest absolute Gasteiger partial charge is 0.286 e. The fourth-order valence-corrected chi connectivity index (χ4v) is 4.68. The number of carbonyl (C=O) groups is 2. The zero-order chi connectivity index (χ0) is 22.5. The molecule has 0 bridgehead atoms. The first-order valence-corrected chi connectivity index (χ1v) is 11.3. The van der Waals surface area contributed by atoms with Gasteiger partial charge in [-0.25, -0.2) is 0 Å². The topological polar surface area (TPSA) is 80.3 Å². The molecule has 0 radical (unpaired) electrons. The van der Waals surface area contributed by atoms with Crippen molar-refractivity contribution in [3.05, 3.63) is 95.3 Å². The average Bonchev–Trinajstić information content (AvgIpc) is 3.14. The first-order chi connectivity index (χ1) is 15.5. The molecule has 1 aliphatic rings. The van der Waals surface area contributed by atoms with E-state index in [0.29, 0.717) is 6.42 Å². The maximum Gasteiger partial charge on any atom is 0.286 e. The first kappa shape index (κ1) is 22.0. The number of rotatable bonds is 8. The van der Waals surface area contributed by atoms with Gasteiger partial charge in [-0.2, -0.15) is 0 Å². The Bertz CT molecular complexity index is 1090. The first-order valence-electron chi connectivity index (χ1n) is 10.4. The average molecular weight is 448 g/mol. The lowest BCUT2D eigenvalue weighted by Crippen LogP contribution is -2.26. The van der Waals surface area contributed by atoms with Gasteiger partial charge in [0.05, 0.1) is 18.4 Å². The van der Waals surface area contributed by atoms with E-state index in [2.05, 4.69) is 46.8 Å². The molecule has 1 aliphatic heterocycles.